The van der Waals surface area contributed by atoms with Crippen molar-refractivity contribution in [3.8, 4) is 17.2 Å². The minimum Gasteiger partial charge on any atom is -0.497 e. The lowest BCUT2D eigenvalue weighted by atomic mass is 10.00. The van der Waals surface area contributed by atoms with Gasteiger partial charge < -0.3 is 63.1 Å². The maximum absolute atomic E-state index is 13.5. The van der Waals surface area contributed by atoms with E-state index in [0.29, 0.717) is 152 Å². The van der Waals surface area contributed by atoms with Crippen LogP contribution in [0.3, 0.4) is 0 Å². The van der Waals surface area contributed by atoms with Gasteiger partial charge in [0, 0.05) is 28.4 Å². The second-order valence-electron chi connectivity index (χ2n) is 14.1. The fourth-order valence-electron chi connectivity index (χ4n) is 6.29. The van der Waals surface area contributed by atoms with Crippen LogP contribution < -0.4 is 20.1 Å². The number of amides is 2. The molecule has 4 aromatic rings. The minimum absolute atomic E-state index is 0.0240. The van der Waals surface area contributed by atoms with Crippen molar-refractivity contribution in [3.63, 3.8) is 0 Å². The molecule has 20 heteroatoms. The van der Waals surface area contributed by atoms with Crippen LogP contribution in [0.4, 0.5) is 10.5 Å². The van der Waals surface area contributed by atoms with Gasteiger partial charge in [0.1, 0.15) is 30.0 Å². The fourth-order valence-corrected chi connectivity index (χ4v) is 6.41. The average Bonchev–Trinajstić information content (AvgIpc) is 3.63. The lowest BCUT2D eigenvalue weighted by Gasteiger charge is -2.14. The predicted molar refractivity (Wildman–Crippen MR) is 240 cm³/mol. The first-order valence-corrected chi connectivity index (χ1v) is 21.8. The Morgan fingerprint density at radius 3 is 1.69 bits per heavy atom. The molecule has 5 rings (SSSR count). The molecule has 0 spiro atoms. The number of aliphatic imine (C=N–C) groups is 1. The Hall–Kier alpha value is -5.22. The van der Waals surface area contributed by atoms with Crippen LogP contribution in [0.2, 0.25) is 5.02 Å². The van der Waals surface area contributed by atoms with Crippen LogP contribution in [-0.4, -0.2) is 164 Å². The molecule has 0 bridgehead atoms. The largest absolute Gasteiger partial charge is 0.497 e. The first kappa shape index (κ1) is 50.8. The van der Waals surface area contributed by atoms with Crippen molar-refractivity contribution >= 4 is 35.0 Å². The number of carbonyl (C=O) groups excluding carboxylic acids is 1. The van der Waals surface area contributed by atoms with Crippen LogP contribution in [0.1, 0.15) is 35.2 Å². The quantitative estimate of drug-likeness (QED) is 0.0540. The Morgan fingerprint density at radius 2 is 1.17 bits per heavy atom. The number of aryl methyl sites for hydroxylation is 1. The van der Waals surface area contributed by atoms with E-state index < -0.39 is 12.1 Å². The highest BCUT2D eigenvalue weighted by Crippen LogP contribution is 2.34. The number of halogens is 1. The van der Waals surface area contributed by atoms with Gasteiger partial charge >= 0.3 is 6.09 Å². The molecule has 19 nitrogen and oxygen atoms in total. The van der Waals surface area contributed by atoms with Gasteiger partial charge in [0.2, 0.25) is 5.91 Å². The molecular weight excluding hydrogens is 868 g/mol. The molecule has 3 aromatic carbocycles. The summed E-state index contributed by atoms with van der Waals surface area (Å²) in [5.41, 5.74) is 3.79. The zero-order chi connectivity index (χ0) is 45.9. The number of rotatable bonds is 33. The van der Waals surface area contributed by atoms with Crippen LogP contribution in [-0.2, 0) is 42.7 Å². The number of anilines is 1. The van der Waals surface area contributed by atoms with E-state index in [0.717, 1.165) is 16.8 Å². The molecule has 2 amide bonds. The van der Waals surface area contributed by atoms with Gasteiger partial charge in [0.05, 0.1) is 131 Å². The number of carboxylic acid groups (broad SMARTS) is 1. The molecule has 0 fully saturated rings. The molecule has 1 aromatic heterocycles. The zero-order valence-corrected chi connectivity index (χ0v) is 37.6. The number of carbonyl (C=O) groups is 2. The summed E-state index contributed by atoms with van der Waals surface area (Å²) < 4.78 is 57.0. The number of hydrogen-bond acceptors (Lipinski definition) is 15. The number of ether oxygens (including phenoxy) is 10. The van der Waals surface area contributed by atoms with E-state index in [2.05, 4.69) is 20.8 Å². The van der Waals surface area contributed by atoms with Crippen molar-refractivity contribution in [2.24, 2.45) is 4.99 Å². The average molecular weight is 927 g/mol. The van der Waals surface area contributed by atoms with Gasteiger partial charge in [0.15, 0.2) is 5.82 Å². The maximum Gasteiger partial charge on any atom is 0.404 e. The Morgan fingerprint density at radius 1 is 0.662 bits per heavy atom. The smallest absolute Gasteiger partial charge is 0.404 e. The number of methoxy groups -OCH3 is 1. The molecule has 0 aliphatic carbocycles. The summed E-state index contributed by atoms with van der Waals surface area (Å²) in [5.74, 6) is 2.31. The van der Waals surface area contributed by atoms with Gasteiger partial charge in [-0.25, -0.2) is 4.79 Å². The molecule has 0 saturated carbocycles. The molecule has 2 heterocycles. The van der Waals surface area contributed by atoms with E-state index in [1.54, 1.807) is 31.4 Å². The number of hydrogen-bond donors (Lipinski definition) is 3. The third-order valence-electron chi connectivity index (χ3n) is 9.39. The molecule has 0 radical (unpaired) electrons. The number of nitrogens with zero attached hydrogens (tertiary/aromatic N) is 4. The third kappa shape index (κ3) is 18.3. The summed E-state index contributed by atoms with van der Waals surface area (Å²) in [6.07, 6.45) is -1.05. The van der Waals surface area contributed by atoms with Crippen molar-refractivity contribution in [1.82, 2.24) is 20.1 Å². The topological polar surface area (TPSA) is 214 Å². The second-order valence-corrected chi connectivity index (χ2v) is 14.5. The standard InChI is InChI=1S/C45H59ClN6O13/c1-33-50-51-44-40(49-43(34-3-5-35(46)6-4-34)39-31-38(56-2)11-12-41(39)52(33)44)32-42(53)48-36-7-9-37(10-8-36)65-30-29-64-28-27-63-26-25-62-24-23-61-22-21-60-20-19-59-18-17-58-16-15-57-14-13-47-45(54)55/h3-12,31,40,47H,13-30,32H2,1-2H3,(H,48,53)(H,54,55)/t40-/m0/s1. The SMILES string of the molecule is COc1ccc2c(c1)C(c1ccc(Cl)cc1)=N[C@@H](CC(=O)Nc1ccc(OCCOCCOCCOCCOCCOCCOCCOCCOCCNC(=O)O)cc1)c1nnc(C)n1-2. The monoisotopic (exact) mass is 926 g/mol. The van der Waals surface area contributed by atoms with Crippen molar-refractivity contribution in [2.45, 2.75) is 19.4 Å². The Bertz CT molecular complexity index is 2040. The van der Waals surface area contributed by atoms with E-state index in [4.69, 9.17) is 69.1 Å². The summed E-state index contributed by atoms with van der Waals surface area (Å²) >= 11 is 6.22. The van der Waals surface area contributed by atoms with Crippen LogP contribution in [0.15, 0.2) is 71.7 Å². The van der Waals surface area contributed by atoms with Gasteiger partial charge in [0.25, 0.3) is 0 Å². The van der Waals surface area contributed by atoms with Gasteiger partial charge in [-0.2, -0.15) is 0 Å². The van der Waals surface area contributed by atoms with E-state index in [9.17, 15) is 9.59 Å². The summed E-state index contributed by atoms with van der Waals surface area (Å²) in [5, 5.41) is 23.1. The summed E-state index contributed by atoms with van der Waals surface area (Å²) in [6.45, 7) is 9.34. The highest BCUT2D eigenvalue weighted by atomic mass is 35.5. The normalized spacial score (nSPS) is 13.1. The first-order valence-electron chi connectivity index (χ1n) is 21.4. The molecule has 0 saturated heterocycles. The van der Waals surface area contributed by atoms with Gasteiger partial charge in [-0.15, -0.1) is 10.2 Å². The molecule has 0 unspecified atom stereocenters. The molecule has 1 atom stereocenters. The number of benzene rings is 3. The van der Waals surface area contributed by atoms with Crippen molar-refractivity contribution in [1.29, 1.82) is 0 Å². The predicted octanol–water partition coefficient (Wildman–Crippen LogP) is 4.94. The molecule has 1 aliphatic rings. The van der Waals surface area contributed by atoms with Gasteiger partial charge in [-0.3, -0.25) is 14.4 Å². The highest BCUT2D eigenvalue weighted by molar-refractivity contribution is 6.30. The lowest BCUT2D eigenvalue weighted by molar-refractivity contribution is -0.116. The molecule has 65 heavy (non-hydrogen) atoms. The van der Waals surface area contributed by atoms with Crippen molar-refractivity contribution in [3.05, 3.63) is 94.5 Å². The summed E-state index contributed by atoms with van der Waals surface area (Å²) in [7, 11) is 1.62. The van der Waals surface area contributed by atoms with Crippen molar-refractivity contribution < 1.29 is 62.1 Å². The van der Waals surface area contributed by atoms with Gasteiger partial charge in [-0.1, -0.05) is 23.7 Å². The fraction of sp³-hybridized carbons (Fsp3) is 0.489. The summed E-state index contributed by atoms with van der Waals surface area (Å²) in [6, 6.07) is 19.7. The van der Waals surface area contributed by atoms with Crippen LogP contribution >= 0.6 is 11.6 Å². The van der Waals surface area contributed by atoms with Crippen LogP contribution in [0.25, 0.3) is 5.69 Å². The number of aromatic nitrogens is 3. The van der Waals surface area contributed by atoms with E-state index >= 15 is 0 Å². The van der Waals surface area contributed by atoms with Crippen LogP contribution in [0.5, 0.6) is 11.5 Å². The Kier molecular flexibility index (Phi) is 22.9. The highest BCUT2D eigenvalue weighted by Gasteiger charge is 2.30. The maximum atomic E-state index is 13.5. The lowest BCUT2D eigenvalue weighted by Crippen LogP contribution is -2.25. The number of nitrogens with one attached hydrogen (secondary N) is 2. The van der Waals surface area contributed by atoms with E-state index in [-0.39, 0.29) is 18.9 Å². The first-order chi connectivity index (χ1) is 31.8. The molecule has 354 valence electrons. The van der Waals surface area contributed by atoms with Crippen molar-refractivity contribution in [2.75, 3.05) is 131 Å². The second kappa shape index (κ2) is 29.3. The third-order valence-corrected chi connectivity index (χ3v) is 9.64. The minimum atomic E-state index is -1.07. The molecule has 3 N–H and O–H groups in total. The molecular formula is C45H59ClN6O13. The van der Waals surface area contributed by atoms with Gasteiger partial charge in [-0.05, 0) is 61.5 Å². The van der Waals surface area contributed by atoms with E-state index in [1.165, 1.54) is 0 Å². The Labute approximate surface area is 383 Å². The Balaban J connectivity index is 0.866. The van der Waals surface area contributed by atoms with E-state index in [1.807, 2.05) is 54.0 Å². The van der Waals surface area contributed by atoms with Crippen LogP contribution in [0, 0.1) is 6.92 Å². The summed E-state index contributed by atoms with van der Waals surface area (Å²) in [4.78, 5) is 28.9. The molecule has 1 aliphatic heterocycles. The zero-order valence-electron chi connectivity index (χ0n) is 36.9. The number of fused-ring (bicyclic) bond motifs is 3.